The van der Waals surface area contributed by atoms with E-state index >= 15 is 0 Å². The summed E-state index contributed by atoms with van der Waals surface area (Å²) in [5.74, 6) is -0.417. The smallest absolute Gasteiger partial charge is 0.261 e. The molecule has 1 aromatic rings. The molecule has 1 aromatic carbocycles. The molecule has 2 amide bonds. The van der Waals surface area contributed by atoms with Gasteiger partial charge in [0.15, 0.2) is 6.61 Å². The quantitative estimate of drug-likeness (QED) is 0.869. The first kappa shape index (κ1) is 16.3. The second-order valence-corrected chi connectivity index (χ2v) is 5.21. The largest absolute Gasteiger partial charge is 0.482 e. The van der Waals surface area contributed by atoms with E-state index in [-0.39, 0.29) is 25.1 Å². The molecule has 0 aromatic heterocycles. The summed E-state index contributed by atoms with van der Waals surface area (Å²) >= 11 is 5.98. The molecule has 0 saturated carbocycles. The van der Waals surface area contributed by atoms with Gasteiger partial charge in [-0.05, 0) is 38.5 Å². The highest BCUT2D eigenvalue weighted by Crippen LogP contribution is 2.25. The minimum atomic E-state index is -0.555. The first-order valence-corrected chi connectivity index (χ1v) is 6.65. The number of ether oxygens (including phenoxy) is 1. The van der Waals surface area contributed by atoms with Gasteiger partial charge in [0.25, 0.3) is 5.91 Å². The Morgan fingerprint density at radius 2 is 2.05 bits per heavy atom. The Kier molecular flexibility index (Phi) is 5.82. The predicted molar refractivity (Wildman–Crippen MR) is 77.7 cm³/mol. The van der Waals surface area contributed by atoms with E-state index in [2.05, 4.69) is 0 Å². The van der Waals surface area contributed by atoms with Gasteiger partial charge >= 0.3 is 0 Å². The summed E-state index contributed by atoms with van der Waals surface area (Å²) in [6.45, 7) is 5.20. The fraction of sp³-hybridized carbons (Fsp3) is 0.429. The highest BCUT2D eigenvalue weighted by molar-refractivity contribution is 6.32. The minimum Gasteiger partial charge on any atom is -0.482 e. The van der Waals surface area contributed by atoms with Crippen molar-refractivity contribution < 1.29 is 14.3 Å². The molecule has 0 atom stereocenters. The number of aryl methyl sites for hydroxylation is 1. The van der Waals surface area contributed by atoms with Crippen molar-refractivity contribution in [3.8, 4) is 5.75 Å². The zero-order valence-corrected chi connectivity index (χ0v) is 12.6. The number of hydrogen-bond donors (Lipinski definition) is 1. The zero-order valence-electron chi connectivity index (χ0n) is 11.9. The van der Waals surface area contributed by atoms with Gasteiger partial charge in [-0.15, -0.1) is 0 Å². The normalized spacial score (nSPS) is 10.4. The van der Waals surface area contributed by atoms with E-state index < -0.39 is 5.91 Å². The van der Waals surface area contributed by atoms with Crippen LogP contribution in [-0.4, -0.2) is 35.9 Å². The molecule has 0 unspecified atom stereocenters. The van der Waals surface area contributed by atoms with Crippen molar-refractivity contribution >= 4 is 23.4 Å². The van der Waals surface area contributed by atoms with Gasteiger partial charge in [-0.2, -0.15) is 0 Å². The lowest BCUT2D eigenvalue weighted by Gasteiger charge is -2.25. The van der Waals surface area contributed by atoms with Crippen molar-refractivity contribution in [1.29, 1.82) is 0 Å². The molecular weight excluding hydrogens is 280 g/mol. The first-order chi connectivity index (χ1) is 9.31. The SMILES string of the molecule is Cc1ccc(Cl)c(OCC(=O)N(CC(N)=O)C(C)C)c1. The molecule has 2 N–H and O–H groups in total. The summed E-state index contributed by atoms with van der Waals surface area (Å²) in [5.41, 5.74) is 6.11. The highest BCUT2D eigenvalue weighted by atomic mass is 35.5. The predicted octanol–water partition coefficient (Wildman–Crippen LogP) is 1.75. The number of halogens is 1. The number of nitrogens with zero attached hydrogens (tertiary/aromatic N) is 1. The van der Waals surface area contributed by atoms with E-state index in [1.807, 2.05) is 13.0 Å². The molecule has 0 saturated heterocycles. The Morgan fingerprint density at radius 1 is 1.40 bits per heavy atom. The van der Waals surface area contributed by atoms with Crippen molar-refractivity contribution in [1.82, 2.24) is 4.90 Å². The highest BCUT2D eigenvalue weighted by Gasteiger charge is 2.19. The van der Waals surface area contributed by atoms with Crippen LogP contribution in [0.2, 0.25) is 5.02 Å². The van der Waals surface area contributed by atoms with Crippen molar-refractivity contribution in [3.05, 3.63) is 28.8 Å². The number of carbonyl (C=O) groups is 2. The molecule has 0 bridgehead atoms. The number of primary amides is 1. The second-order valence-electron chi connectivity index (χ2n) is 4.80. The molecule has 6 heteroatoms. The summed E-state index contributed by atoms with van der Waals surface area (Å²) in [7, 11) is 0. The standard InChI is InChI=1S/C14H19ClN2O3/c1-9(2)17(7-13(16)18)14(19)8-20-12-6-10(3)4-5-11(12)15/h4-6,9H,7-8H2,1-3H3,(H2,16,18). The van der Waals surface area contributed by atoms with E-state index in [0.29, 0.717) is 10.8 Å². The topological polar surface area (TPSA) is 72.6 Å². The lowest BCUT2D eigenvalue weighted by molar-refractivity contribution is -0.138. The van der Waals surface area contributed by atoms with E-state index in [9.17, 15) is 9.59 Å². The fourth-order valence-corrected chi connectivity index (χ4v) is 1.84. The molecule has 20 heavy (non-hydrogen) atoms. The van der Waals surface area contributed by atoms with Crippen molar-refractivity contribution in [2.24, 2.45) is 5.73 Å². The van der Waals surface area contributed by atoms with E-state index in [1.54, 1.807) is 26.0 Å². The van der Waals surface area contributed by atoms with Crippen LogP contribution in [0.1, 0.15) is 19.4 Å². The van der Waals surface area contributed by atoms with Crippen LogP contribution in [0, 0.1) is 6.92 Å². The summed E-state index contributed by atoms with van der Waals surface area (Å²) in [5, 5.41) is 0.439. The van der Waals surface area contributed by atoms with Crippen molar-refractivity contribution in [2.45, 2.75) is 26.8 Å². The lowest BCUT2D eigenvalue weighted by Crippen LogP contribution is -2.44. The minimum absolute atomic E-state index is 0.124. The van der Waals surface area contributed by atoms with Crippen LogP contribution >= 0.6 is 11.6 Å². The molecular formula is C14H19ClN2O3. The van der Waals surface area contributed by atoms with E-state index in [4.69, 9.17) is 22.1 Å². The first-order valence-electron chi connectivity index (χ1n) is 6.28. The molecule has 0 heterocycles. The van der Waals surface area contributed by atoms with Gasteiger partial charge in [0, 0.05) is 6.04 Å². The van der Waals surface area contributed by atoms with Gasteiger partial charge < -0.3 is 15.4 Å². The average molecular weight is 299 g/mol. The number of hydrogen-bond acceptors (Lipinski definition) is 3. The van der Waals surface area contributed by atoms with Crippen molar-refractivity contribution in [3.63, 3.8) is 0 Å². The summed E-state index contributed by atoms with van der Waals surface area (Å²) in [6.07, 6.45) is 0. The number of benzene rings is 1. The Labute approximate surface area is 123 Å². The summed E-state index contributed by atoms with van der Waals surface area (Å²) < 4.78 is 5.42. The second kappa shape index (κ2) is 7.14. The molecule has 0 aliphatic heterocycles. The number of nitrogens with two attached hydrogens (primary N) is 1. The number of amides is 2. The molecule has 1 rings (SSSR count). The maximum atomic E-state index is 12.0. The van der Waals surface area contributed by atoms with Gasteiger partial charge in [0.1, 0.15) is 5.75 Å². The molecule has 0 aliphatic carbocycles. The molecule has 0 radical (unpaired) electrons. The van der Waals surface area contributed by atoms with Gasteiger partial charge in [0.05, 0.1) is 11.6 Å². The number of carbonyl (C=O) groups excluding carboxylic acids is 2. The summed E-state index contributed by atoms with van der Waals surface area (Å²) in [6, 6.07) is 5.18. The Balaban J connectivity index is 2.69. The van der Waals surface area contributed by atoms with Crippen LogP contribution < -0.4 is 10.5 Å². The average Bonchev–Trinajstić information content (AvgIpc) is 2.36. The van der Waals surface area contributed by atoms with E-state index in [1.165, 1.54) is 4.90 Å². The van der Waals surface area contributed by atoms with Crippen LogP contribution in [0.5, 0.6) is 5.75 Å². The third-order valence-electron chi connectivity index (χ3n) is 2.71. The van der Waals surface area contributed by atoms with Gasteiger partial charge in [-0.1, -0.05) is 17.7 Å². The molecule has 0 fully saturated rings. The van der Waals surface area contributed by atoms with Crippen LogP contribution in [-0.2, 0) is 9.59 Å². The maximum absolute atomic E-state index is 12.0. The molecule has 110 valence electrons. The Bertz CT molecular complexity index is 503. The van der Waals surface area contributed by atoms with Gasteiger partial charge in [-0.3, -0.25) is 9.59 Å². The van der Waals surface area contributed by atoms with Gasteiger partial charge in [-0.25, -0.2) is 0 Å². The molecule has 0 aliphatic rings. The molecule has 0 spiro atoms. The fourth-order valence-electron chi connectivity index (χ4n) is 1.67. The van der Waals surface area contributed by atoms with Crippen LogP contribution in [0.4, 0.5) is 0 Å². The third kappa shape index (κ3) is 4.74. The van der Waals surface area contributed by atoms with Crippen LogP contribution in [0.3, 0.4) is 0 Å². The van der Waals surface area contributed by atoms with Crippen LogP contribution in [0.15, 0.2) is 18.2 Å². The monoisotopic (exact) mass is 298 g/mol. The lowest BCUT2D eigenvalue weighted by atomic mass is 10.2. The maximum Gasteiger partial charge on any atom is 0.261 e. The zero-order chi connectivity index (χ0) is 15.3. The van der Waals surface area contributed by atoms with Crippen molar-refractivity contribution in [2.75, 3.05) is 13.2 Å². The van der Waals surface area contributed by atoms with Crippen LogP contribution in [0.25, 0.3) is 0 Å². The Morgan fingerprint density at radius 3 is 2.60 bits per heavy atom. The summed E-state index contributed by atoms with van der Waals surface area (Å²) in [4.78, 5) is 24.4. The van der Waals surface area contributed by atoms with Gasteiger partial charge in [0.2, 0.25) is 5.91 Å². The molecule has 5 nitrogen and oxygen atoms in total. The third-order valence-corrected chi connectivity index (χ3v) is 3.02. The number of rotatable bonds is 6. The Hall–Kier alpha value is -1.75. The van der Waals surface area contributed by atoms with E-state index in [0.717, 1.165) is 5.56 Å².